The molecule has 1 saturated carbocycles. The van der Waals surface area contributed by atoms with Gasteiger partial charge in [-0.15, -0.1) is 0 Å². The van der Waals surface area contributed by atoms with Gasteiger partial charge in [0.05, 0.1) is 0 Å². The van der Waals surface area contributed by atoms with Gasteiger partial charge in [0.25, 0.3) is 0 Å². The van der Waals surface area contributed by atoms with Crippen LogP contribution < -0.4 is 0 Å². The van der Waals surface area contributed by atoms with Crippen LogP contribution in [-0.2, 0) is 0 Å². The third-order valence-corrected chi connectivity index (χ3v) is 2.89. The van der Waals surface area contributed by atoms with Crippen molar-refractivity contribution >= 4 is 5.78 Å². The van der Waals surface area contributed by atoms with Crippen LogP contribution in [-0.4, -0.2) is 5.78 Å². The minimum atomic E-state index is 0.160. The second kappa shape index (κ2) is 4.92. The molecule has 0 aliphatic heterocycles. The number of hydrogen-bond donors (Lipinski definition) is 0. The quantitative estimate of drug-likeness (QED) is 0.524. The van der Waals surface area contributed by atoms with Crippen molar-refractivity contribution in [2.75, 3.05) is 0 Å². The molecule has 0 bridgehead atoms. The zero-order valence-electron chi connectivity index (χ0n) is 8.91. The molecule has 1 fully saturated rings. The lowest BCUT2D eigenvalue weighted by molar-refractivity contribution is 0.104. The molecule has 0 amide bonds. The predicted molar refractivity (Wildman–Crippen MR) is 61.9 cm³/mol. The Bertz CT molecular complexity index is 354. The lowest BCUT2D eigenvalue weighted by atomic mass is 9.93. The first-order valence-corrected chi connectivity index (χ1v) is 5.65. The van der Waals surface area contributed by atoms with Crippen LogP contribution in [0, 0.1) is 0 Å². The van der Waals surface area contributed by atoms with E-state index in [2.05, 4.69) is 0 Å². The molecule has 0 N–H and O–H groups in total. The van der Waals surface area contributed by atoms with Crippen molar-refractivity contribution in [3.8, 4) is 0 Å². The minimum Gasteiger partial charge on any atom is -0.289 e. The molecular weight excluding hydrogens is 184 g/mol. The summed E-state index contributed by atoms with van der Waals surface area (Å²) in [7, 11) is 0. The first kappa shape index (κ1) is 10.2. The van der Waals surface area contributed by atoms with Gasteiger partial charge in [0, 0.05) is 5.56 Å². The first-order valence-electron chi connectivity index (χ1n) is 5.65. The van der Waals surface area contributed by atoms with E-state index in [-0.39, 0.29) is 5.78 Å². The number of hydrogen-bond acceptors (Lipinski definition) is 1. The molecule has 1 aliphatic rings. The van der Waals surface area contributed by atoms with E-state index in [9.17, 15) is 4.79 Å². The summed E-state index contributed by atoms with van der Waals surface area (Å²) in [6, 6.07) is 9.51. The molecule has 1 aromatic rings. The number of carbonyl (C=O) groups is 1. The van der Waals surface area contributed by atoms with Crippen molar-refractivity contribution in [3.63, 3.8) is 0 Å². The van der Waals surface area contributed by atoms with Crippen LogP contribution in [0.15, 0.2) is 42.0 Å². The molecule has 0 unspecified atom stereocenters. The number of ketones is 1. The third kappa shape index (κ3) is 2.79. The highest BCUT2D eigenvalue weighted by Gasteiger charge is 2.08. The van der Waals surface area contributed by atoms with Gasteiger partial charge in [0.15, 0.2) is 5.78 Å². The monoisotopic (exact) mass is 200 g/mol. The molecule has 2 rings (SSSR count). The Hall–Kier alpha value is -1.37. The number of rotatable bonds is 2. The molecule has 0 aromatic heterocycles. The van der Waals surface area contributed by atoms with E-state index in [1.165, 1.54) is 24.8 Å². The number of carbonyl (C=O) groups excluding carboxylic acids is 1. The van der Waals surface area contributed by atoms with Crippen molar-refractivity contribution in [2.24, 2.45) is 0 Å². The standard InChI is InChI=1S/C14H16O/c15-14(13-9-5-2-6-10-13)11-12-7-3-1-4-8-12/h2,5-6,9-11H,1,3-4,7-8H2. The highest BCUT2D eigenvalue weighted by Crippen LogP contribution is 2.23. The third-order valence-electron chi connectivity index (χ3n) is 2.89. The van der Waals surface area contributed by atoms with E-state index in [4.69, 9.17) is 0 Å². The molecule has 15 heavy (non-hydrogen) atoms. The van der Waals surface area contributed by atoms with E-state index in [0.29, 0.717) is 0 Å². The molecule has 1 aromatic carbocycles. The average Bonchev–Trinajstić information content (AvgIpc) is 2.31. The maximum atomic E-state index is 11.8. The van der Waals surface area contributed by atoms with Crippen molar-refractivity contribution < 1.29 is 4.79 Å². The average molecular weight is 200 g/mol. The Morgan fingerprint density at radius 2 is 1.67 bits per heavy atom. The maximum Gasteiger partial charge on any atom is 0.185 e. The molecule has 1 aliphatic carbocycles. The summed E-state index contributed by atoms with van der Waals surface area (Å²) in [5, 5.41) is 0. The zero-order valence-corrected chi connectivity index (χ0v) is 8.91. The summed E-state index contributed by atoms with van der Waals surface area (Å²) in [6.45, 7) is 0. The van der Waals surface area contributed by atoms with Crippen molar-refractivity contribution in [1.29, 1.82) is 0 Å². The number of allylic oxidation sites excluding steroid dienone is 2. The molecule has 0 heterocycles. The molecule has 1 nitrogen and oxygen atoms in total. The molecular formula is C14H16O. The van der Waals surface area contributed by atoms with Crippen LogP contribution in [0.4, 0.5) is 0 Å². The smallest absolute Gasteiger partial charge is 0.185 e. The van der Waals surface area contributed by atoms with Crippen molar-refractivity contribution in [1.82, 2.24) is 0 Å². The molecule has 0 saturated heterocycles. The fourth-order valence-corrected chi connectivity index (χ4v) is 2.02. The first-order chi connectivity index (χ1) is 7.36. The van der Waals surface area contributed by atoms with E-state index >= 15 is 0 Å². The van der Waals surface area contributed by atoms with Crippen LogP contribution in [0.3, 0.4) is 0 Å². The largest absolute Gasteiger partial charge is 0.289 e. The van der Waals surface area contributed by atoms with Gasteiger partial charge in [-0.1, -0.05) is 42.3 Å². The fraction of sp³-hybridized carbons (Fsp3) is 0.357. The Morgan fingerprint density at radius 3 is 2.33 bits per heavy atom. The molecule has 78 valence electrons. The Balaban J connectivity index is 2.08. The summed E-state index contributed by atoms with van der Waals surface area (Å²) in [6.07, 6.45) is 7.87. The summed E-state index contributed by atoms with van der Waals surface area (Å²) in [5.41, 5.74) is 2.13. The van der Waals surface area contributed by atoms with E-state index in [0.717, 1.165) is 18.4 Å². The van der Waals surface area contributed by atoms with Crippen LogP contribution in [0.1, 0.15) is 42.5 Å². The van der Waals surface area contributed by atoms with Gasteiger partial charge >= 0.3 is 0 Å². The van der Waals surface area contributed by atoms with Crippen LogP contribution in [0.25, 0.3) is 0 Å². The molecule has 1 heteroatoms. The summed E-state index contributed by atoms with van der Waals surface area (Å²) >= 11 is 0. The molecule has 0 spiro atoms. The maximum absolute atomic E-state index is 11.8. The van der Waals surface area contributed by atoms with Gasteiger partial charge < -0.3 is 0 Å². The van der Waals surface area contributed by atoms with Gasteiger partial charge in [-0.05, 0) is 31.8 Å². The molecule has 0 radical (unpaired) electrons. The Morgan fingerprint density at radius 1 is 1.00 bits per heavy atom. The normalized spacial score (nSPS) is 16.1. The van der Waals surface area contributed by atoms with Gasteiger partial charge in [-0.25, -0.2) is 0 Å². The topological polar surface area (TPSA) is 17.1 Å². The minimum absolute atomic E-state index is 0.160. The van der Waals surface area contributed by atoms with Crippen LogP contribution >= 0.6 is 0 Å². The van der Waals surface area contributed by atoms with Crippen molar-refractivity contribution in [3.05, 3.63) is 47.5 Å². The van der Waals surface area contributed by atoms with Gasteiger partial charge in [0.2, 0.25) is 0 Å². The van der Waals surface area contributed by atoms with Gasteiger partial charge in [-0.3, -0.25) is 4.79 Å². The van der Waals surface area contributed by atoms with Gasteiger partial charge in [0.1, 0.15) is 0 Å². The van der Waals surface area contributed by atoms with Crippen LogP contribution in [0.5, 0.6) is 0 Å². The second-order valence-electron chi connectivity index (χ2n) is 4.09. The second-order valence-corrected chi connectivity index (χ2v) is 4.09. The lowest BCUT2D eigenvalue weighted by Gasteiger charge is -2.12. The Kier molecular flexibility index (Phi) is 3.33. The summed E-state index contributed by atoms with van der Waals surface area (Å²) in [4.78, 5) is 11.8. The lowest BCUT2D eigenvalue weighted by Crippen LogP contribution is -1.99. The summed E-state index contributed by atoms with van der Waals surface area (Å²) in [5.74, 6) is 0.160. The fourth-order valence-electron chi connectivity index (χ4n) is 2.02. The van der Waals surface area contributed by atoms with E-state index in [1.807, 2.05) is 36.4 Å². The highest BCUT2D eigenvalue weighted by atomic mass is 16.1. The molecule has 0 atom stereocenters. The van der Waals surface area contributed by atoms with Crippen molar-refractivity contribution in [2.45, 2.75) is 32.1 Å². The SMILES string of the molecule is O=C(C=C1CCCCC1)c1ccccc1. The Labute approximate surface area is 90.8 Å². The van der Waals surface area contributed by atoms with Gasteiger partial charge in [-0.2, -0.15) is 0 Å². The highest BCUT2D eigenvalue weighted by molar-refractivity contribution is 6.04. The summed E-state index contributed by atoms with van der Waals surface area (Å²) < 4.78 is 0. The van der Waals surface area contributed by atoms with E-state index < -0.39 is 0 Å². The van der Waals surface area contributed by atoms with E-state index in [1.54, 1.807) is 0 Å². The zero-order chi connectivity index (χ0) is 10.5. The predicted octanol–water partition coefficient (Wildman–Crippen LogP) is 3.76. The van der Waals surface area contributed by atoms with Crippen LogP contribution in [0.2, 0.25) is 0 Å². The number of benzene rings is 1.